The summed E-state index contributed by atoms with van der Waals surface area (Å²) in [7, 11) is 3.49. The molecule has 0 heterocycles. The SMILES string of the molecule is CN(C)CC(NC(=O)OCC1c2ccccc2-c2ccccc21)C(=O)O. The molecule has 0 fully saturated rings. The number of ether oxygens (including phenoxy) is 1. The molecule has 1 amide bonds. The third-order valence-corrected chi connectivity index (χ3v) is 4.48. The molecule has 0 aliphatic heterocycles. The van der Waals surface area contributed by atoms with Gasteiger partial charge in [-0.05, 0) is 36.3 Å². The van der Waals surface area contributed by atoms with E-state index in [1.165, 1.54) is 0 Å². The number of carboxylic acid groups (broad SMARTS) is 1. The van der Waals surface area contributed by atoms with Crippen molar-refractivity contribution in [2.24, 2.45) is 0 Å². The van der Waals surface area contributed by atoms with Gasteiger partial charge in [-0.15, -0.1) is 0 Å². The average Bonchev–Trinajstić information content (AvgIpc) is 2.93. The molecule has 0 radical (unpaired) electrons. The van der Waals surface area contributed by atoms with E-state index >= 15 is 0 Å². The molecule has 6 heteroatoms. The smallest absolute Gasteiger partial charge is 0.407 e. The molecule has 2 aromatic rings. The standard InChI is InChI=1S/C20H22N2O4/c1-22(2)11-18(19(23)24)21-20(25)26-12-17-15-9-5-3-7-13(15)14-8-4-6-10-16(14)17/h3-10,17-18H,11-12H2,1-2H3,(H,21,25)(H,23,24). The molecule has 2 aromatic carbocycles. The van der Waals surface area contributed by atoms with Crippen molar-refractivity contribution in [3.63, 3.8) is 0 Å². The number of benzene rings is 2. The van der Waals surface area contributed by atoms with Crippen molar-refractivity contribution in [3.8, 4) is 11.1 Å². The Kier molecular flexibility index (Phi) is 5.23. The van der Waals surface area contributed by atoms with Gasteiger partial charge in [-0.1, -0.05) is 48.5 Å². The van der Waals surface area contributed by atoms with E-state index in [9.17, 15) is 14.7 Å². The number of likely N-dealkylation sites (N-methyl/N-ethyl adjacent to an activating group) is 1. The van der Waals surface area contributed by atoms with E-state index in [0.717, 1.165) is 22.3 Å². The summed E-state index contributed by atoms with van der Waals surface area (Å²) in [6.07, 6.45) is -0.721. The Bertz CT molecular complexity index is 773. The number of carbonyl (C=O) groups is 2. The molecule has 0 spiro atoms. The van der Waals surface area contributed by atoms with Crippen LogP contribution in [0, 0.1) is 0 Å². The van der Waals surface area contributed by atoms with Crippen molar-refractivity contribution in [1.29, 1.82) is 0 Å². The van der Waals surface area contributed by atoms with Crippen LogP contribution in [-0.2, 0) is 9.53 Å². The lowest BCUT2D eigenvalue weighted by Crippen LogP contribution is -2.47. The maximum Gasteiger partial charge on any atom is 0.407 e. The number of amides is 1. The van der Waals surface area contributed by atoms with Gasteiger partial charge >= 0.3 is 12.1 Å². The van der Waals surface area contributed by atoms with E-state index in [4.69, 9.17) is 4.74 Å². The van der Waals surface area contributed by atoms with Crippen LogP contribution in [0.4, 0.5) is 4.79 Å². The molecular formula is C20H22N2O4. The van der Waals surface area contributed by atoms with Gasteiger partial charge in [0.1, 0.15) is 12.6 Å². The number of hydrogen-bond acceptors (Lipinski definition) is 4. The van der Waals surface area contributed by atoms with Crippen LogP contribution in [-0.4, -0.2) is 55.4 Å². The topological polar surface area (TPSA) is 78.9 Å². The molecule has 2 N–H and O–H groups in total. The molecule has 0 saturated heterocycles. The minimum absolute atomic E-state index is 0.0507. The number of alkyl carbamates (subject to hydrolysis) is 1. The second-order valence-corrected chi connectivity index (χ2v) is 6.62. The Morgan fingerprint density at radius 2 is 1.62 bits per heavy atom. The van der Waals surface area contributed by atoms with Gasteiger partial charge in [0, 0.05) is 12.5 Å². The molecular weight excluding hydrogens is 332 g/mol. The number of rotatable bonds is 6. The summed E-state index contributed by atoms with van der Waals surface area (Å²) in [4.78, 5) is 25.1. The third-order valence-electron chi connectivity index (χ3n) is 4.48. The van der Waals surface area contributed by atoms with Gasteiger partial charge in [-0.2, -0.15) is 0 Å². The van der Waals surface area contributed by atoms with Crippen molar-refractivity contribution in [2.75, 3.05) is 27.2 Å². The zero-order chi connectivity index (χ0) is 18.7. The molecule has 26 heavy (non-hydrogen) atoms. The zero-order valence-corrected chi connectivity index (χ0v) is 14.8. The third kappa shape index (κ3) is 3.70. The second kappa shape index (κ2) is 7.58. The summed E-state index contributed by atoms with van der Waals surface area (Å²) in [5.74, 6) is -1.14. The average molecular weight is 354 g/mol. The zero-order valence-electron chi connectivity index (χ0n) is 14.8. The predicted molar refractivity (Wildman–Crippen MR) is 98.2 cm³/mol. The highest BCUT2D eigenvalue weighted by molar-refractivity contribution is 5.81. The van der Waals surface area contributed by atoms with Crippen LogP contribution in [0.15, 0.2) is 48.5 Å². The van der Waals surface area contributed by atoms with Gasteiger partial charge < -0.3 is 20.1 Å². The van der Waals surface area contributed by atoms with Crippen molar-refractivity contribution < 1.29 is 19.4 Å². The first-order valence-corrected chi connectivity index (χ1v) is 8.46. The van der Waals surface area contributed by atoms with E-state index < -0.39 is 18.1 Å². The molecule has 1 atom stereocenters. The van der Waals surface area contributed by atoms with Gasteiger partial charge in [0.15, 0.2) is 0 Å². The quantitative estimate of drug-likeness (QED) is 0.833. The summed E-state index contributed by atoms with van der Waals surface area (Å²) in [6.45, 7) is 0.355. The maximum absolute atomic E-state index is 12.1. The maximum atomic E-state index is 12.1. The lowest BCUT2D eigenvalue weighted by atomic mass is 9.98. The van der Waals surface area contributed by atoms with Crippen LogP contribution < -0.4 is 5.32 Å². The van der Waals surface area contributed by atoms with Gasteiger partial charge in [0.25, 0.3) is 0 Å². The summed E-state index contributed by atoms with van der Waals surface area (Å²) < 4.78 is 5.37. The highest BCUT2D eigenvalue weighted by atomic mass is 16.5. The lowest BCUT2D eigenvalue weighted by molar-refractivity contribution is -0.139. The Morgan fingerprint density at radius 3 is 2.12 bits per heavy atom. The molecule has 0 saturated carbocycles. The van der Waals surface area contributed by atoms with Crippen LogP contribution >= 0.6 is 0 Å². The molecule has 1 aliphatic rings. The van der Waals surface area contributed by atoms with E-state index in [1.54, 1.807) is 19.0 Å². The minimum Gasteiger partial charge on any atom is -0.480 e. The van der Waals surface area contributed by atoms with E-state index in [-0.39, 0.29) is 19.1 Å². The molecule has 1 aliphatic carbocycles. The Labute approximate surface area is 152 Å². The fourth-order valence-electron chi connectivity index (χ4n) is 3.33. The van der Waals surface area contributed by atoms with Crippen molar-refractivity contribution >= 4 is 12.1 Å². The van der Waals surface area contributed by atoms with E-state index in [2.05, 4.69) is 17.4 Å². The number of fused-ring (bicyclic) bond motifs is 3. The van der Waals surface area contributed by atoms with Gasteiger partial charge in [0.2, 0.25) is 0 Å². The largest absolute Gasteiger partial charge is 0.480 e. The summed E-state index contributed by atoms with van der Waals surface area (Å²) in [6, 6.07) is 15.1. The van der Waals surface area contributed by atoms with E-state index in [0.29, 0.717) is 0 Å². The number of hydrogen-bond donors (Lipinski definition) is 2. The molecule has 0 aromatic heterocycles. The van der Waals surface area contributed by atoms with Crippen molar-refractivity contribution in [3.05, 3.63) is 59.7 Å². The summed E-state index contributed by atoms with van der Waals surface area (Å²) >= 11 is 0. The fourth-order valence-corrected chi connectivity index (χ4v) is 3.33. The predicted octanol–water partition coefficient (Wildman–Crippen LogP) is 2.54. The van der Waals surface area contributed by atoms with Gasteiger partial charge in [-0.25, -0.2) is 9.59 Å². The molecule has 136 valence electrons. The van der Waals surface area contributed by atoms with Crippen LogP contribution in [0.2, 0.25) is 0 Å². The Morgan fingerprint density at radius 1 is 1.08 bits per heavy atom. The Balaban J connectivity index is 1.70. The number of nitrogens with zero attached hydrogens (tertiary/aromatic N) is 1. The summed E-state index contributed by atoms with van der Waals surface area (Å²) in [5.41, 5.74) is 4.52. The Hall–Kier alpha value is -2.86. The lowest BCUT2D eigenvalue weighted by Gasteiger charge is -2.19. The highest BCUT2D eigenvalue weighted by Gasteiger charge is 2.29. The number of carbonyl (C=O) groups excluding carboxylic acids is 1. The number of carboxylic acids is 1. The van der Waals surface area contributed by atoms with Crippen molar-refractivity contribution in [1.82, 2.24) is 10.2 Å². The van der Waals surface area contributed by atoms with Gasteiger partial charge in [-0.3, -0.25) is 0 Å². The van der Waals surface area contributed by atoms with E-state index in [1.807, 2.05) is 36.4 Å². The first-order valence-electron chi connectivity index (χ1n) is 8.46. The number of nitrogens with one attached hydrogen (secondary N) is 1. The minimum atomic E-state index is -1.09. The van der Waals surface area contributed by atoms with Crippen LogP contribution in [0.1, 0.15) is 17.0 Å². The van der Waals surface area contributed by atoms with Gasteiger partial charge in [0.05, 0.1) is 0 Å². The molecule has 6 nitrogen and oxygen atoms in total. The monoisotopic (exact) mass is 354 g/mol. The second-order valence-electron chi connectivity index (χ2n) is 6.62. The van der Waals surface area contributed by atoms with Crippen LogP contribution in [0.3, 0.4) is 0 Å². The molecule has 0 bridgehead atoms. The summed E-state index contributed by atoms with van der Waals surface area (Å²) in [5, 5.41) is 11.6. The first kappa shape index (κ1) is 17.9. The van der Waals surface area contributed by atoms with Crippen LogP contribution in [0.5, 0.6) is 0 Å². The number of aliphatic carboxylic acids is 1. The molecule has 3 rings (SSSR count). The normalized spacial score (nSPS) is 13.8. The molecule has 1 unspecified atom stereocenters. The highest BCUT2D eigenvalue weighted by Crippen LogP contribution is 2.44. The fraction of sp³-hybridized carbons (Fsp3) is 0.300. The van der Waals surface area contributed by atoms with Crippen molar-refractivity contribution in [2.45, 2.75) is 12.0 Å². The first-order chi connectivity index (χ1) is 12.5. The van der Waals surface area contributed by atoms with Crippen LogP contribution in [0.25, 0.3) is 11.1 Å².